The van der Waals surface area contributed by atoms with Crippen molar-refractivity contribution in [1.82, 2.24) is 34.9 Å². The molecule has 7 aromatic heterocycles. The minimum Gasteiger partial charge on any atom is -0.423 e. The monoisotopic (exact) mass is 855 g/mol. The summed E-state index contributed by atoms with van der Waals surface area (Å²) in [4.78, 5) is 32.1. The number of halogens is 2. The van der Waals surface area contributed by atoms with Crippen LogP contribution in [0.5, 0.6) is 0 Å². The molecule has 2 N–H and O–H groups in total. The highest BCUT2D eigenvalue weighted by atomic mass is 35.5. The first-order valence-electron chi connectivity index (χ1n) is 20.0. The van der Waals surface area contributed by atoms with E-state index in [1.165, 1.54) is 0 Å². The second kappa shape index (κ2) is 17.1. The molecule has 9 nitrogen and oxygen atoms in total. The topological polar surface area (TPSA) is 131 Å². The van der Waals surface area contributed by atoms with Crippen LogP contribution >= 0.6 is 23.2 Å². The first-order chi connectivity index (χ1) is 30.9. The number of rotatable bonds is 3. The number of hydrogen-bond acceptors (Lipinski definition) is 9. The Morgan fingerprint density at radius 2 is 0.651 bits per heavy atom. The van der Waals surface area contributed by atoms with E-state index in [2.05, 4.69) is 110 Å². The van der Waals surface area contributed by atoms with Gasteiger partial charge in [-0.25, -0.2) is 19.9 Å². The van der Waals surface area contributed by atoms with Crippen LogP contribution in [0, 0.1) is 0 Å². The number of aromatic nitrogens is 7. The summed E-state index contributed by atoms with van der Waals surface area (Å²) in [7, 11) is -1.46. The largest absolute Gasteiger partial charge is 0.490 e. The van der Waals surface area contributed by atoms with Crippen LogP contribution in [-0.4, -0.2) is 52.1 Å². The highest BCUT2D eigenvalue weighted by molar-refractivity contribution is 6.61. The zero-order valence-corrected chi connectivity index (χ0v) is 34.7. The van der Waals surface area contributed by atoms with Gasteiger partial charge in [0.25, 0.3) is 0 Å². The van der Waals surface area contributed by atoms with Crippen LogP contribution in [0.25, 0.3) is 98.8 Å². The van der Waals surface area contributed by atoms with Crippen molar-refractivity contribution in [2.75, 3.05) is 0 Å². The van der Waals surface area contributed by atoms with Gasteiger partial charge in [0.05, 0.1) is 50.0 Å². The molecule has 0 aliphatic carbocycles. The third-order valence-corrected chi connectivity index (χ3v) is 11.2. The molecule has 0 saturated carbocycles. The fraction of sp³-hybridized carbons (Fsp3) is 0. The van der Waals surface area contributed by atoms with Crippen molar-refractivity contribution in [2.24, 2.45) is 0 Å². The van der Waals surface area contributed by atoms with Crippen LogP contribution in [0.2, 0.25) is 10.3 Å². The van der Waals surface area contributed by atoms with E-state index in [9.17, 15) is 0 Å². The second-order valence-electron chi connectivity index (χ2n) is 14.6. The number of nitrogens with zero attached hydrogens (tertiary/aromatic N) is 7. The summed E-state index contributed by atoms with van der Waals surface area (Å²) in [5.74, 6) is 0. The lowest BCUT2D eigenvalue weighted by atomic mass is 9.79. The van der Waals surface area contributed by atoms with Gasteiger partial charge in [0.1, 0.15) is 10.3 Å². The molecule has 0 amide bonds. The van der Waals surface area contributed by atoms with Gasteiger partial charge in [-0.15, -0.1) is 0 Å². The molecule has 12 rings (SSSR count). The Labute approximate surface area is 370 Å². The molecule has 0 aliphatic rings. The molecule has 0 spiro atoms. The molecule has 5 aromatic carbocycles. The zero-order valence-electron chi connectivity index (χ0n) is 33.2. The summed E-state index contributed by atoms with van der Waals surface area (Å²) in [6.07, 6.45) is 5.29. The summed E-state index contributed by atoms with van der Waals surface area (Å²) >= 11 is 11.8. The van der Waals surface area contributed by atoms with Crippen LogP contribution < -0.4 is 5.46 Å². The maximum atomic E-state index is 9.04. The van der Waals surface area contributed by atoms with E-state index in [1.54, 1.807) is 30.5 Å². The standard InChI is InChI=1S/C30H18N4.C12H6Cl2N2.C9H8BNO2/c1-5-19-7-3-17-31-27(19)23(9-1)25-15-13-21-11-12-22-14-16-26(34-30(22)29(21)33-25)24-10-2-6-20-8-4-18-32-28(20)24;13-9-5-3-7-1-2-8-4-6-10(14)16-12(8)11(7)15-9;12-10(13)8-5-1-3-7-4-2-6-11-9(7)8/h1-18H;1-6H;1-6,12-13H. The SMILES string of the molecule is Clc1ccc2ccc3ccc(Cl)nc3c2n1.OB(O)c1cccc2cccnc12.c1cnc2c(-c3ccc4ccc5ccc(-c6cccc7cccnc67)nc5c4n3)cccc2c1. The lowest BCUT2D eigenvalue weighted by molar-refractivity contribution is 0.426. The minimum absolute atomic E-state index is 0.443. The second-order valence-corrected chi connectivity index (χ2v) is 15.4. The van der Waals surface area contributed by atoms with Gasteiger partial charge in [0, 0.05) is 67.5 Å². The van der Waals surface area contributed by atoms with E-state index >= 15 is 0 Å². The Hall–Kier alpha value is -7.47. The van der Waals surface area contributed by atoms with Crippen molar-refractivity contribution in [3.63, 3.8) is 0 Å². The van der Waals surface area contributed by atoms with E-state index in [4.69, 9.17) is 43.2 Å². The normalized spacial score (nSPS) is 11.2. The summed E-state index contributed by atoms with van der Waals surface area (Å²) in [5.41, 5.74) is 10.2. The van der Waals surface area contributed by atoms with Gasteiger partial charge in [-0.1, -0.05) is 132 Å². The molecular weight excluding hydrogens is 824 g/mol. The summed E-state index contributed by atoms with van der Waals surface area (Å²) in [5, 5.41) is 26.2. The van der Waals surface area contributed by atoms with E-state index in [0.29, 0.717) is 21.3 Å². The maximum absolute atomic E-state index is 9.04. The van der Waals surface area contributed by atoms with Crippen molar-refractivity contribution < 1.29 is 10.0 Å². The Kier molecular flexibility index (Phi) is 10.8. The molecule has 0 atom stereocenters. The molecule has 0 aliphatic heterocycles. The lowest BCUT2D eigenvalue weighted by Crippen LogP contribution is -2.30. The van der Waals surface area contributed by atoms with Gasteiger partial charge in [0.15, 0.2) is 0 Å². The van der Waals surface area contributed by atoms with Crippen LogP contribution in [-0.2, 0) is 0 Å². The van der Waals surface area contributed by atoms with E-state index in [0.717, 1.165) is 93.3 Å². The molecule has 0 unspecified atom stereocenters. The van der Waals surface area contributed by atoms with Crippen LogP contribution in [0.3, 0.4) is 0 Å². The summed E-state index contributed by atoms with van der Waals surface area (Å²) < 4.78 is 0. The van der Waals surface area contributed by atoms with Gasteiger partial charge in [0.2, 0.25) is 0 Å². The Bertz CT molecular complexity index is 3470. The molecular formula is C51H32BCl2N7O2. The van der Waals surface area contributed by atoms with Gasteiger partial charge in [-0.05, 0) is 60.0 Å². The fourth-order valence-electron chi connectivity index (χ4n) is 7.75. The number of hydrogen-bond donors (Lipinski definition) is 2. The van der Waals surface area contributed by atoms with Crippen LogP contribution in [0.15, 0.2) is 182 Å². The molecule has 7 heterocycles. The zero-order chi connectivity index (χ0) is 42.9. The molecule has 300 valence electrons. The first kappa shape index (κ1) is 39.7. The summed E-state index contributed by atoms with van der Waals surface area (Å²) in [6, 6.07) is 53.5. The molecule has 0 fully saturated rings. The van der Waals surface area contributed by atoms with Crippen molar-refractivity contribution in [3.8, 4) is 22.5 Å². The molecule has 12 heteroatoms. The van der Waals surface area contributed by atoms with Crippen LogP contribution in [0.1, 0.15) is 0 Å². The molecule has 0 saturated heterocycles. The lowest BCUT2D eigenvalue weighted by Gasteiger charge is -2.10. The minimum atomic E-state index is -1.46. The van der Waals surface area contributed by atoms with E-state index < -0.39 is 7.12 Å². The van der Waals surface area contributed by atoms with Gasteiger partial charge in [-0.2, -0.15) is 0 Å². The number of benzene rings is 5. The predicted octanol–water partition coefficient (Wildman–Crippen LogP) is 11.2. The van der Waals surface area contributed by atoms with Gasteiger partial charge in [-0.3, -0.25) is 15.0 Å². The number of pyridine rings is 7. The molecule has 63 heavy (non-hydrogen) atoms. The van der Waals surface area contributed by atoms with Gasteiger partial charge >= 0.3 is 7.12 Å². The molecule has 0 bridgehead atoms. The predicted molar refractivity (Wildman–Crippen MR) is 257 cm³/mol. The average Bonchev–Trinajstić information content (AvgIpc) is 3.33. The highest BCUT2D eigenvalue weighted by Gasteiger charge is 2.15. The van der Waals surface area contributed by atoms with Crippen LogP contribution in [0.4, 0.5) is 0 Å². The maximum Gasteiger partial charge on any atom is 0.490 e. The van der Waals surface area contributed by atoms with E-state index in [-0.39, 0.29) is 0 Å². The van der Waals surface area contributed by atoms with Crippen molar-refractivity contribution >= 4 is 112 Å². The smallest absolute Gasteiger partial charge is 0.423 e. The Morgan fingerprint density at radius 1 is 0.317 bits per heavy atom. The average molecular weight is 857 g/mol. The van der Waals surface area contributed by atoms with Crippen molar-refractivity contribution in [2.45, 2.75) is 0 Å². The third-order valence-electron chi connectivity index (χ3n) is 10.7. The fourth-order valence-corrected chi connectivity index (χ4v) is 8.04. The first-order valence-corrected chi connectivity index (χ1v) is 20.7. The van der Waals surface area contributed by atoms with Crippen molar-refractivity contribution in [1.29, 1.82) is 0 Å². The van der Waals surface area contributed by atoms with E-state index in [1.807, 2.05) is 67.0 Å². The number of fused-ring (bicyclic) bond motifs is 9. The number of para-hydroxylation sites is 3. The highest BCUT2D eigenvalue weighted by Crippen LogP contribution is 2.33. The molecule has 0 radical (unpaired) electrons. The van der Waals surface area contributed by atoms with Crippen molar-refractivity contribution in [3.05, 3.63) is 193 Å². The third kappa shape index (κ3) is 7.96. The van der Waals surface area contributed by atoms with Gasteiger partial charge < -0.3 is 10.0 Å². The summed E-state index contributed by atoms with van der Waals surface area (Å²) in [6.45, 7) is 0. The Morgan fingerprint density at radius 3 is 1.10 bits per heavy atom. The molecule has 12 aromatic rings. The Balaban J connectivity index is 0.000000134. The quantitative estimate of drug-likeness (QED) is 0.101.